The van der Waals surface area contributed by atoms with Gasteiger partial charge in [0.2, 0.25) is 11.8 Å². The molecule has 168 valence electrons. The third-order valence-electron chi connectivity index (χ3n) is 5.57. The van der Waals surface area contributed by atoms with Crippen LogP contribution in [-0.4, -0.2) is 81.8 Å². The maximum Gasteiger partial charge on any atom is 0.451 e. The Hall–Kier alpha value is -2.83. The number of rotatable bonds is 9. The van der Waals surface area contributed by atoms with Gasteiger partial charge in [0.05, 0.1) is 19.1 Å². The van der Waals surface area contributed by atoms with Crippen LogP contribution in [0.4, 0.5) is 0 Å². The number of nitrogens with zero attached hydrogens (tertiary/aromatic N) is 1. The van der Waals surface area contributed by atoms with Crippen LogP contribution < -0.4 is 15.8 Å². The fraction of sp³-hybridized carbons (Fsp3) is 0.526. The molecule has 1 aromatic carbocycles. The molecule has 2 atom stereocenters. The van der Waals surface area contributed by atoms with E-state index in [1.54, 1.807) is 4.90 Å². The average molecular weight is 435 g/mol. The maximum atomic E-state index is 12.6. The molecule has 0 unspecified atom stereocenters. The van der Waals surface area contributed by atoms with Crippen LogP contribution >= 0.6 is 0 Å². The van der Waals surface area contributed by atoms with Crippen LogP contribution in [0.25, 0.3) is 0 Å². The summed E-state index contributed by atoms with van der Waals surface area (Å²) in [6.07, 6.45) is 0.375. The van der Waals surface area contributed by atoms with E-state index in [0.717, 1.165) is 0 Å². The second-order valence-electron chi connectivity index (χ2n) is 7.99. The minimum Gasteiger partial charge on any atom is -0.507 e. The van der Waals surface area contributed by atoms with Gasteiger partial charge in [0.1, 0.15) is 23.2 Å². The zero-order chi connectivity index (χ0) is 22.7. The molecule has 31 heavy (non-hydrogen) atoms. The lowest BCUT2D eigenvalue weighted by Gasteiger charge is -2.40. The molecule has 0 aliphatic carbocycles. The average Bonchev–Trinajstić information content (AvgIpc) is 3.10. The quantitative estimate of drug-likeness (QED) is 0.253. The monoisotopic (exact) mass is 435 g/mol. The van der Waals surface area contributed by atoms with Gasteiger partial charge in [-0.2, -0.15) is 0 Å². The van der Waals surface area contributed by atoms with Gasteiger partial charge in [0, 0.05) is 6.42 Å². The zero-order valence-electron chi connectivity index (χ0n) is 16.9. The molecule has 11 nitrogen and oxygen atoms in total. The molecular weight excluding hydrogens is 409 g/mol. The first-order valence-electron chi connectivity index (χ1n) is 10.1. The van der Waals surface area contributed by atoms with E-state index in [2.05, 4.69) is 5.32 Å². The standard InChI is InChI=1S/C19H26BN3O8/c21-15(24)6-10-5-13(22-7-10)18(26)23-8-12(9-23)31-14-2-1-11(3-4-20(29)30)17(25)16(14)19(27)28/h1-2,10,12-13,22,25,29-30H,3-9H2,(H2,21,24)(H,27,28)/t10-,13+/m1/s1. The summed E-state index contributed by atoms with van der Waals surface area (Å²) in [6, 6.07) is 2.51. The second kappa shape index (κ2) is 9.54. The summed E-state index contributed by atoms with van der Waals surface area (Å²) in [4.78, 5) is 36.8. The molecular formula is C19H26BN3O8. The fourth-order valence-corrected chi connectivity index (χ4v) is 3.94. The molecule has 7 N–H and O–H groups in total. The van der Waals surface area contributed by atoms with Crippen molar-refractivity contribution in [2.75, 3.05) is 19.6 Å². The topological polar surface area (TPSA) is 183 Å². The minimum absolute atomic E-state index is 0.0177. The number of carboxylic acid groups (broad SMARTS) is 1. The number of benzene rings is 1. The second-order valence-corrected chi connectivity index (χ2v) is 7.99. The predicted molar refractivity (Wildman–Crippen MR) is 108 cm³/mol. The summed E-state index contributed by atoms with van der Waals surface area (Å²) in [6.45, 7) is 1.10. The van der Waals surface area contributed by atoms with Crippen LogP contribution in [0.2, 0.25) is 6.32 Å². The number of phenols is 1. The van der Waals surface area contributed by atoms with Crippen molar-refractivity contribution in [3.8, 4) is 11.5 Å². The van der Waals surface area contributed by atoms with Crippen molar-refractivity contribution in [3.05, 3.63) is 23.3 Å². The Labute approximate surface area is 178 Å². The number of amides is 2. The number of ether oxygens (including phenoxy) is 1. The third-order valence-corrected chi connectivity index (χ3v) is 5.57. The number of primary amides is 1. The number of carbonyl (C=O) groups is 3. The van der Waals surface area contributed by atoms with Crippen molar-refractivity contribution in [3.63, 3.8) is 0 Å². The SMILES string of the molecule is NC(=O)C[C@@H]1CN[C@H](C(=O)N2CC(Oc3ccc(CCB(O)O)c(O)c3C(=O)O)C2)C1. The Morgan fingerprint density at radius 3 is 2.58 bits per heavy atom. The van der Waals surface area contributed by atoms with E-state index >= 15 is 0 Å². The minimum atomic E-state index is -1.57. The normalized spacial score (nSPS) is 20.9. The van der Waals surface area contributed by atoms with Gasteiger partial charge in [-0.05, 0) is 43.3 Å². The highest BCUT2D eigenvalue weighted by Crippen LogP contribution is 2.34. The van der Waals surface area contributed by atoms with Crippen molar-refractivity contribution in [2.45, 2.75) is 37.7 Å². The Balaban J connectivity index is 1.57. The molecule has 2 heterocycles. The van der Waals surface area contributed by atoms with Gasteiger partial charge < -0.3 is 40.9 Å². The molecule has 0 saturated carbocycles. The lowest BCUT2D eigenvalue weighted by molar-refractivity contribution is -0.142. The van der Waals surface area contributed by atoms with Gasteiger partial charge in [-0.3, -0.25) is 9.59 Å². The third kappa shape index (κ3) is 5.46. The van der Waals surface area contributed by atoms with Crippen LogP contribution in [0, 0.1) is 5.92 Å². The van der Waals surface area contributed by atoms with Crippen molar-refractivity contribution < 1.29 is 39.4 Å². The van der Waals surface area contributed by atoms with Gasteiger partial charge in [-0.25, -0.2) is 4.79 Å². The van der Waals surface area contributed by atoms with E-state index in [0.29, 0.717) is 13.0 Å². The van der Waals surface area contributed by atoms with Crippen LogP contribution in [-0.2, 0) is 16.0 Å². The van der Waals surface area contributed by atoms with Crippen LogP contribution in [0.1, 0.15) is 28.8 Å². The molecule has 0 aromatic heterocycles. The molecule has 2 saturated heterocycles. The fourth-order valence-electron chi connectivity index (χ4n) is 3.94. The number of likely N-dealkylation sites (tertiary alicyclic amines) is 1. The Morgan fingerprint density at radius 2 is 1.97 bits per heavy atom. The number of nitrogens with two attached hydrogens (primary N) is 1. The highest BCUT2D eigenvalue weighted by atomic mass is 16.5. The van der Waals surface area contributed by atoms with E-state index in [9.17, 15) is 24.6 Å². The molecule has 2 aliphatic heterocycles. The molecule has 2 fully saturated rings. The first-order valence-corrected chi connectivity index (χ1v) is 10.1. The summed E-state index contributed by atoms with van der Waals surface area (Å²) in [5, 5.41) is 40.8. The number of carboxylic acids is 1. The Bertz CT molecular complexity index is 859. The Morgan fingerprint density at radius 1 is 1.26 bits per heavy atom. The lowest BCUT2D eigenvalue weighted by atomic mass is 9.82. The van der Waals surface area contributed by atoms with Gasteiger partial charge in [0.25, 0.3) is 0 Å². The number of aromatic hydroxyl groups is 1. The van der Waals surface area contributed by atoms with Gasteiger partial charge in [0.15, 0.2) is 0 Å². The van der Waals surface area contributed by atoms with Crippen molar-refractivity contribution in [1.29, 1.82) is 0 Å². The van der Waals surface area contributed by atoms with Crippen LogP contribution in [0.3, 0.4) is 0 Å². The number of carbonyl (C=O) groups excluding carboxylic acids is 2. The van der Waals surface area contributed by atoms with Crippen LogP contribution in [0.5, 0.6) is 11.5 Å². The van der Waals surface area contributed by atoms with Gasteiger partial charge >= 0.3 is 13.1 Å². The van der Waals surface area contributed by atoms with Gasteiger partial charge in [-0.1, -0.05) is 6.07 Å². The number of hydrogen-bond acceptors (Lipinski definition) is 8. The van der Waals surface area contributed by atoms with Crippen LogP contribution in [0.15, 0.2) is 12.1 Å². The van der Waals surface area contributed by atoms with Crippen molar-refractivity contribution >= 4 is 24.9 Å². The number of aryl methyl sites for hydroxylation is 1. The van der Waals surface area contributed by atoms with Crippen molar-refractivity contribution in [1.82, 2.24) is 10.2 Å². The molecule has 12 heteroatoms. The smallest absolute Gasteiger partial charge is 0.451 e. The number of nitrogens with one attached hydrogen (secondary N) is 1. The van der Waals surface area contributed by atoms with E-state index in [4.69, 9.17) is 20.5 Å². The summed E-state index contributed by atoms with van der Waals surface area (Å²) < 4.78 is 5.71. The molecule has 3 rings (SSSR count). The van der Waals surface area contributed by atoms with E-state index in [-0.39, 0.29) is 61.4 Å². The first-order chi connectivity index (χ1) is 14.7. The number of aromatic carboxylic acids is 1. The highest BCUT2D eigenvalue weighted by Gasteiger charge is 2.39. The highest BCUT2D eigenvalue weighted by molar-refractivity contribution is 6.41. The predicted octanol–water partition coefficient (Wildman–Crippen LogP) is -1.45. The molecule has 0 bridgehead atoms. The first kappa shape index (κ1) is 22.9. The molecule has 2 aliphatic rings. The largest absolute Gasteiger partial charge is 0.507 e. The van der Waals surface area contributed by atoms with E-state index < -0.39 is 36.4 Å². The molecule has 0 radical (unpaired) electrons. The van der Waals surface area contributed by atoms with Crippen molar-refractivity contribution in [2.24, 2.45) is 11.7 Å². The Kier molecular flexibility index (Phi) is 7.03. The molecule has 1 aromatic rings. The summed E-state index contributed by atoms with van der Waals surface area (Å²) in [7, 11) is -1.57. The van der Waals surface area contributed by atoms with E-state index in [1.165, 1.54) is 12.1 Å². The number of hydrogen-bond donors (Lipinski definition) is 6. The maximum absolute atomic E-state index is 12.6. The van der Waals surface area contributed by atoms with E-state index in [1.807, 2.05) is 0 Å². The molecule has 2 amide bonds. The summed E-state index contributed by atoms with van der Waals surface area (Å²) in [5.74, 6) is -2.34. The zero-order valence-corrected chi connectivity index (χ0v) is 16.9. The summed E-state index contributed by atoms with van der Waals surface area (Å²) in [5.41, 5.74) is 5.07. The molecule has 0 spiro atoms. The summed E-state index contributed by atoms with van der Waals surface area (Å²) >= 11 is 0. The van der Waals surface area contributed by atoms with Gasteiger partial charge in [-0.15, -0.1) is 0 Å². The lowest BCUT2D eigenvalue weighted by Crippen LogP contribution is -2.59.